The van der Waals surface area contributed by atoms with Gasteiger partial charge in [0.25, 0.3) is 60.7 Å². The van der Waals surface area contributed by atoms with Crippen molar-refractivity contribution in [1.82, 2.24) is 0 Å². The average molecular weight is 1480 g/mol. The summed E-state index contributed by atoms with van der Waals surface area (Å²) in [6.07, 6.45) is 1.74. The summed E-state index contributed by atoms with van der Waals surface area (Å²) < 4.78 is 218. The second-order valence-corrected chi connectivity index (χ2v) is 28.7. The summed E-state index contributed by atoms with van der Waals surface area (Å²) in [6, 6.07) is 28.0. The molecule has 0 aromatic heterocycles. The van der Waals surface area contributed by atoms with Gasteiger partial charge < -0.3 is 30.6 Å². The maximum absolute atomic E-state index is 13.0. The van der Waals surface area contributed by atoms with Gasteiger partial charge in [-0.2, -0.15) is 71.0 Å². The normalized spacial score (nSPS) is 13.1. The lowest BCUT2D eigenvalue weighted by molar-refractivity contribution is 0.450. The quantitative estimate of drug-likeness (QED) is 0.0191. The highest BCUT2D eigenvalue weighted by Gasteiger charge is 2.32. The molecular formula is C58H40N12O24S6. The first-order valence-corrected chi connectivity index (χ1v) is 35.7. The summed E-state index contributed by atoms with van der Waals surface area (Å²) in [5, 5.41) is 108. The number of phenols is 6. The Morgan fingerprint density at radius 3 is 0.860 bits per heavy atom. The van der Waals surface area contributed by atoms with Crippen molar-refractivity contribution in [3.8, 4) is 34.5 Å². The van der Waals surface area contributed by atoms with E-state index in [2.05, 4.69) is 61.4 Å². The molecule has 512 valence electrons. The molecule has 10 aromatic rings. The van der Waals surface area contributed by atoms with Crippen molar-refractivity contribution in [1.29, 1.82) is 0 Å². The van der Waals surface area contributed by atoms with Crippen LogP contribution in [0.1, 0.15) is 11.1 Å². The van der Waals surface area contributed by atoms with Crippen LogP contribution in [-0.2, 0) is 60.7 Å². The minimum Gasteiger partial charge on any atom is -0.508 e. The van der Waals surface area contributed by atoms with Gasteiger partial charge in [0.1, 0.15) is 97.9 Å². The van der Waals surface area contributed by atoms with E-state index < -0.39 is 214 Å². The number of hydrogen-bond donors (Lipinski definition) is 12. The molecule has 0 saturated carbocycles. The van der Waals surface area contributed by atoms with Crippen LogP contribution >= 0.6 is 0 Å². The zero-order chi connectivity index (χ0) is 72.6. The summed E-state index contributed by atoms with van der Waals surface area (Å²) >= 11 is 0. The highest BCUT2D eigenvalue weighted by Crippen LogP contribution is 2.54. The first-order chi connectivity index (χ1) is 46.8. The van der Waals surface area contributed by atoms with Crippen molar-refractivity contribution in [2.45, 2.75) is 29.4 Å². The Morgan fingerprint density at radius 2 is 0.550 bits per heavy atom. The summed E-state index contributed by atoms with van der Waals surface area (Å²) in [7, 11) is -32.7. The lowest BCUT2D eigenvalue weighted by Crippen LogP contribution is -2.02. The first-order valence-electron chi connectivity index (χ1n) is 27.0. The molecule has 36 nitrogen and oxygen atoms in total. The van der Waals surface area contributed by atoms with Crippen LogP contribution in [0.5, 0.6) is 34.5 Å². The van der Waals surface area contributed by atoms with Gasteiger partial charge in [-0.15, -0.1) is 40.9 Å². The molecule has 0 fully saturated rings. The lowest BCUT2D eigenvalue weighted by atomic mass is 10.0. The minimum atomic E-state index is -5.56. The van der Waals surface area contributed by atoms with Crippen LogP contribution in [0.3, 0.4) is 0 Å². The predicted molar refractivity (Wildman–Crippen MR) is 349 cm³/mol. The van der Waals surface area contributed by atoms with Gasteiger partial charge in [-0.3, -0.25) is 27.3 Å². The first kappa shape index (κ1) is 71.1. The molecule has 100 heavy (non-hydrogen) atoms. The fraction of sp³-hybridized carbons (Fsp3) is 0. The zero-order valence-electron chi connectivity index (χ0n) is 49.2. The molecule has 10 aromatic carbocycles. The highest BCUT2D eigenvalue weighted by molar-refractivity contribution is 7.87. The van der Waals surface area contributed by atoms with E-state index in [9.17, 15) is 108 Å². The fourth-order valence-electron chi connectivity index (χ4n) is 9.18. The summed E-state index contributed by atoms with van der Waals surface area (Å²) in [4.78, 5) is -6.97. The molecular weight excluding hydrogens is 1440 g/mol. The molecule has 0 heterocycles. The van der Waals surface area contributed by atoms with E-state index in [1.807, 2.05) is 0 Å². The van der Waals surface area contributed by atoms with Crippen LogP contribution < -0.4 is 0 Å². The van der Waals surface area contributed by atoms with Crippen molar-refractivity contribution < 1.29 is 108 Å². The number of azo groups is 6. The molecule has 0 spiro atoms. The third-order valence-corrected chi connectivity index (χ3v) is 18.9. The van der Waals surface area contributed by atoms with Crippen molar-refractivity contribution in [2.24, 2.45) is 61.4 Å². The molecule has 0 aliphatic rings. The van der Waals surface area contributed by atoms with Gasteiger partial charge in [-0.1, -0.05) is 60.7 Å². The van der Waals surface area contributed by atoms with Gasteiger partial charge in [-0.05, 0) is 119 Å². The van der Waals surface area contributed by atoms with E-state index >= 15 is 0 Å². The SMILES string of the molecule is O=S(=O)(O)c1cc(N=Nc2c(S(=O)(=O)O)cc3cc(S(=O)(=O)O)c(N=Nc4ccccc4)c(N=Nc4ccc(O)cc4O)c3c2O)ccc1C=Cc1ccc(N=Nc2c(S(=O)(=O)O)cc3cc(S(=O)(=O)O)c(N=Nc4ccccc4)c(N=Nc4ccc(O)cc4O)c3c2O)cc1S(=O)(=O)O. The van der Waals surface area contributed by atoms with Crippen LogP contribution in [0.2, 0.25) is 0 Å². The molecule has 0 amide bonds. The van der Waals surface area contributed by atoms with E-state index in [4.69, 9.17) is 0 Å². The Morgan fingerprint density at radius 1 is 0.260 bits per heavy atom. The van der Waals surface area contributed by atoms with Gasteiger partial charge in [0.15, 0.2) is 11.5 Å². The van der Waals surface area contributed by atoms with Crippen molar-refractivity contribution >= 4 is 163 Å². The largest absolute Gasteiger partial charge is 0.508 e. The molecule has 0 atom stereocenters. The van der Waals surface area contributed by atoms with Gasteiger partial charge >= 0.3 is 0 Å². The molecule has 0 aliphatic heterocycles. The van der Waals surface area contributed by atoms with E-state index in [1.54, 1.807) is 12.1 Å². The van der Waals surface area contributed by atoms with Gasteiger partial charge in [0.2, 0.25) is 0 Å². The second-order valence-electron chi connectivity index (χ2n) is 20.3. The monoisotopic (exact) mass is 1480 g/mol. The topological polar surface area (TPSA) is 596 Å². The number of benzene rings is 10. The number of fused-ring (bicyclic) bond motifs is 2. The Labute approximate surface area is 561 Å². The van der Waals surface area contributed by atoms with E-state index in [0.717, 1.165) is 72.8 Å². The Hall–Kier alpha value is -11.7. The number of rotatable bonds is 20. The van der Waals surface area contributed by atoms with Crippen molar-refractivity contribution in [2.75, 3.05) is 0 Å². The average Bonchev–Trinajstić information content (AvgIpc) is 0.742. The van der Waals surface area contributed by atoms with Crippen LogP contribution in [0.25, 0.3) is 33.7 Å². The smallest absolute Gasteiger partial charge is 0.296 e. The number of aromatic hydroxyl groups is 6. The van der Waals surface area contributed by atoms with Gasteiger partial charge in [-0.25, -0.2) is 0 Å². The van der Waals surface area contributed by atoms with Crippen LogP contribution in [0.4, 0.5) is 68.2 Å². The van der Waals surface area contributed by atoms with E-state index in [0.29, 0.717) is 36.4 Å². The number of hydrogen-bond acceptors (Lipinski definition) is 30. The summed E-state index contributed by atoms with van der Waals surface area (Å²) in [5.74, 6) is -4.88. The number of nitrogens with zero attached hydrogens (tertiary/aromatic N) is 12. The van der Waals surface area contributed by atoms with E-state index in [1.165, 1.54) is 48.5 Å². The molecule has 12 N–H and O–H groups in total. The van der Waals surface area contributed by atoms with E-state index in [-0.39, 0.29) is 11.4 Å². The minimum absolute atomic E-state index is 0.0824. The Kier molecular flexibility index (Phi) is 19.4. The maximum Gasteiger partial charge on any atom is 0.296 e. The molecule has 0 bridgehead atoms. The van der Waals surface area contributed by atoms with Gasteiger partial charge in [0.05, 0.1) is 33.5 Å². The molecule has 0 unspecified atom stereocenters. The van der Waals surface area contributed by atoms with Crippen molar-refractivity contribution in [3.05, 3.63) is 169 Å². The third-order valence-electron chi connectivity index (χ3n) is 13.6. The van der Waals surface area contributed by atoms with Crippen LogP contribution in [0, 0.1) is 0 Å². The maximum atomic E-state index is 13.0. The predicted octanol–water partition coefficient (Wildman–Crippen LogP) is 14.4. The number of phenolic OH excluding ortho intramolecular Hbond substituents is 6. The Bertz CT molecular complexity index is 5680. The highest BCUT2D eigenvalue weighted by atomic mass is 32.2. The molecule has 42 heteroatoms. The summed E-state index contributed by atoms with van der Waals surface area (Å²) in [5.41, 5.74) is -8.59. The lowest BCUT2D eigenvalue weighted by Gasteiger charge is -2.14. The van der Waals surface area contributed by atoms with Gasteiger partial charge in [0, 0.05) is 12.1 Å². The zero-order valence-corrected chi connectivity index (χ0v) is 54.1. The molecule has 10 rings (SSSR count). The standard InChI is InChI=1S/C58H40N12O24S6/c71-37-17-19-39(41(73)27-37)63-69-55-49-31(21-45(97(83,84)85)51(55)65-59-33-7-3-1-4-8-33)23-47(99(89,90)91)53(57(49)75)67-61-35-15-13-29(43(25-35)95(77,78)79)11-12-30-14-16-36(26-44(30)96(80,81)82)62-68-54-48(100(92,93)94)24-32-22-46(98(86,87)88)52(66-60-34-9-5-2-6-10-34)56(50(32)58(54)76)70-64-40-20-18-38(72)28-42(40)74/h1-28,71-76H,(H,77,78,79)(H,80,81,82)(H,83,84,85)(H,86,87,88)(H,89,90,91)(H,92,93,94). The second kappa shape index (κ2) is 27.3. The summed E-state index contributed by atoms with van der Waals surface area (Å²) in [6.45, 7) is 0. The molecule has 0 saturated heterocycles. The molecule has 0 aliphatic carbocycles. The van der Waals surface area contributed by atoms with Crippen LogP contribution in [-0.4, -0.2) is 108 Å². The Balaban J connectivity index is 1.06. The third kappa shape index (κ3) is 15.8. The fourth-order valence-corrected chi connectivity index (χ4v) is 13.2. The van der Waals surface area contributed by atoms with Crippen LogP contribution in [0.15, 0.2) is 248 Å². The van der Waals surface area contributed by atoms with Crippen molar-refractivity contribution in [3.63, 3.8) is 0 Å². The molecule has 0 radical (unpaired) electrons.